The molecule has 0 fully saturated rings. The topological polar surface area (TPSA) is 0 Å². The fraction of sp³-hybridized carbons (Fsp3) is 0.143. The highest BCUT2D eigenvalue weighted by Gasteiger charge is 1.96. The van der Waals surface area contributed by atoms with Crippen molar-refractivity contribution in [3.8, 4) is 0 Å². The van der Waals surface area contributed by atoms with E-state index in [0.717, 1.165) is 0 Å². The molecule has 0 aliphatic heterocycles. The number of hydrogen-bond donors (Lipinski definition) is 0. The average Bonchev–Trinajstić information content (AvgIpc) is 2.29. The van der Waals surface area contributed by atoms with Crippen LogP contribution in [0.15, 0.2) is 70.5 Å². The van der Waals surface area contributed by atoms with Crippen LogP contribution < -0.4 is 0 Å². The van der Waals surface area contributed by atoms with Crippen molar-refractivity contribution in [3.63, 3.8) is 0 Å². The van der Waals surface area contributed by atoms with Crippen molar-refractivity contribution >= 4 is 11.8 Å². The van der Waals surface area contributed by atoms with Crippen molar-refractivity contribution < 1.29 is 0 Å². The Morgan fingerprint density at radius 3 is 2.47 bits per heavy atom. The van der Waals surface area contributed by atoms with Gasteiger partial charge in [0.1, 0.15) is 0 Å². The first kappa shape index (κ1) is 11.9. The summed E-state index contributed by atoms with van der Waals surface area (Å²) in [6.07, 6.45) is 6.13. The molecule has 1 rings (SSSR count). The smallest absolute Gasteiger partial charge is 0.0122 e. The Kier molecular flexibility index (Phi) is 4.99. The van der Waals surface area contributed by atoms with Gasteiger partial charge in [-0.1, -0.05) is 54.3 Å². The molecule has 0 N–H and O–H groups in total. The van der Waals surface area contributed by atoms with Gasteiger partial charge in [0.15, 0.2) is 0 Å². The zero-order valence-electron chi connectivity index (χ0n) is 9.23. The summed E-state index contributed by atoms with van der Waals surface area (Å²) in [5.41, 5.74) is 1.19. The molecule has 1 aromatic rings. The van der Waals surface area contributed by atoms with Crippen LogP contribution in [0.25, 0.3) is 0 Å². The summed E-state index contributed by atoms with van der Waals surface area (Å²) < 4.78 is 0. The second-order valence-electron chi connectivity index (χ2n) is 3.20. The SMILES string of the molecule is C=C/C(C)=C\C(=C/C)Sc1ccccc1. The van der Waals surface area contributed by atoms with E-state index in [9.17, 15) is 0 Å². The van der Waals surface area contributed by atoms with Crippen LogP contribution in [-0.2, 0) is 0 Å². The molecule has 0 heterocycles. The van der Waals surface area contributed by atoms with Gasteiger partial charge in [0.2, 0.25) is 0 Å². The van der Waals surface area contributed by atoms with Crippen LogP contribution >= 0.6 is 11.8 Å². The molecule has 1 aromatic carbocycles. The van der Waals surface area contributed by atoms with Gasteiger partial charge in [-0.05, 0) is 32.1 Å². The Morgan fingerprint density at radius 1 is 1.27 bits per heavy atom. The molecule has 0 aliphatic rings. The maximum absolute atomic E-state index is 3.75. The molecule has 78 valence electrons. The Morgan fingerprint density at radius 2 is 1.93 bits per heavy atom. The first-order chi connectivity index (χ1) is 7.26. The molecule has 0 nitrogen and oxygen atoms in total. The van der Waals surface area contributed by atoms with Gasteiger partial charge in [0.25, 0.3) is 0 Å². The van der Waals surface area contributed by atoms with E-state index in [1.165, 1.54) is 15.4 Å². The third-order valence-electron chi connectivity index (χ3n) is 1.96. The number of allylic oxidation sites excluding steroid dienone is 4. The Balaban J connectivity index is 2.76. The van der Waals surface area contributed by atoms with Gasteiger partial charge in [-0.2, -0.15) is 0 Å². The van der Waals surface area contributed by atoms with Crippen molar-refractivity contribution in [2.45, 2.75) is 18.7 Å². The second-order valence-corrected chi connectivity index (χ2v) is 4.35. The highest BCUT2D eigenvalue weighted by molar-refractivity contribution is 8.03. The molecule has 15 heavy (non-hydrogen) atoms. The lowest BCUT2D eigenvalue weighted by molar-refractivity contribution is 1.46. The number of thioether (sulfide) groups is 1. The predicted octanol–water partition coefficient (Wildman–Crippen LogP) is 4.81. The molecule has 0 atom stereocenters. The monoisotopic (exact) mass is 216 g/mol. The summed E-state index contributed by atoms with van der Waals surface area (Å²) in [5.74, 6) is 0. The molecule has 0 aromatic heterocycles. The molecular formula is C14H16S. The standard InChI is InChI=1S/C14H16S/c1-4-12(3)11-13(5-2)15-14-9-7-6-8-10-14/h4-11H,1H2,2-3H3/b12-11-,13-5+. The van der Waals surface area contributed by atoms with Crippen molar-refractivity contribution in [3.05, 3.63) is 65.6 Å². The normalized spacial score (nSPS) is 12.7. The highest BCUT2D eigenvalue weighted by atomic mass is 32.2. The van der Waals surface area contributed by atoms with E-state index < -0.39 is 0 Å². The van der Waals surface area contributed by atoms with Gasteiger partial charge < -0.3 is 0 Å². The van der Waals surface area contributed by atoms with Crippen LogP contribution in [0.4, 0.5) is 0 Å². The van der Waals surface area contributed by atoms with Crippen LogP contribution in [0.1, 0.15) is 13.8 Å². The molecular weight excluding hydrogens is 200 g/mol. The zero-order chi connectivity index (χ0) is 11.1. The summed E-state index contributed by atoms with van der Waals surface area (Å²) in [5, 5.41) is 0. The van der Waals surface area contributed by atoms with E-state index in [-0.39, 0.29) is 0 Å². The minimum absolute atomic E-state index is 1.19. The van der Waals surface area contributed by atoms with Crippen molar-refractivity contribution in [1.82, 2.24) is 0 Å². The van der Waals surface area contributed by atoms with Crippen LogP contribution in [-0.4, -0.2) is 0 Å². The van der Waals surface area contributed by atoms with Crippen molar-refractivity contribution in [1.29, 1.82) is 0 Å². The minimum atomic E-state index is 1.19. The summed E-state index contributed by atoms with van der Waals surface area (Å²) in [7, 11) is 0. The van der Waals surface area contributed by atoms with Gasteiger partial charge >= 0.3 is 0 Å². The minimum Gasteiger partial charge on any atom is -0.0988 e. The Hall–Kier alpha value is -1.21. The van der Waals surface area contributed by atoms with Crippen LogP contribution in [0, 0.1) is 0 Å². The summed E-state index contributed by atoms with van der Waals surface area (Å²) in [6.45, 7) is 7.86. The van der Waals surface area contributed by atoms with Gasteiger partial charge in [-0.15, -0.1) is 0 Å². The fourth-order valence-electron chi connectivity index (χ4n) is 1.08. The lowest BCUT2D eigenvalue weighted by Gasteiger charge is -2.02. The van der Waals surface area contributed by atoms with Crippen LogP contribution in [0.3, 0.4) is 0 Å². The molecule has 0 unspecified atom stereocenters. The van der Waals surface area contributed by atoms with Crippen LogP contribution in [0.2, 0.25) is 0 Å². The molecule has 0 saturated carbocycles. The molecule has 0 amide bonds. The number of benzene rings is 1. The molecule has 0 bridgehead atoms. The second kappa shape index (κ2) is 6.31. The van der Waals surface area contributed by atoms with Crippen molar-refractivity contribution in [2.75, 3.05) is 0 Å². The van der Waals surface area contributed by atoms with E-state index in [1.54, 1.807) is 11.8 Å². The van der Waals surface area contributed by atoms with Crippen molar-refractivity contribution in [2.24, 2.45) is 0 Å². The van der Waals surface area contributed by atoms with E-state index in [2.05, 4.69) is 56.8 Å². The maximum Gasteiger partial charge on any atom is 0.0122 e. The Bertz CT molecular complexity index is 372. The lowest BCUT2D eigenvalue weighted by atomic mass is 10.3. The summed E-state index contributed by atoms with van der Waals surface area (Å²) in [4.78, 5) is 2.51. The van der Waals surface area contributed by atoms with Gasteiger partial charge in [0, 0.05) is 9.80 Å². The van der Waals surface area contributed by atoms with Gasteiger partial charge in [-0.3, -0.25) is 0 Å². The third kappa shape index (κ3) is 4.22. The zero-order valence-corrected chi connectivity index (χ0v) is 10.1. The van der Waals surface area contributed by atoms with E-state index in [1.807, 2.05) is 12.1 Å². The molecule has 0 aliphatic carbocycles. The van der Waals surface area contributed by atoms with E-state index >= 15 is 0 Å². The summed E-state index contributed by atoms with van der Waals surface area (Å²) >= 11 is 1.77. The predicted molar refractivity (Wildman–Crippen MR) is 70.0 cm³/mol. The number of hydrogen-bond acceptors (Lipinski definition) is 1. The van der Waals surface area contributed by atoms with Gasteiger partial charge in [0.05, 0.1) is 0 Å². The molecule has 0 radical (unpaired) electrons. The Labute approximate surface area is 96.4 Å². The first-order valence-corrected chi connectivity index (χ1v) is 5.78. The largest absolute Gasteiger partial charge is 0.0988 e. The lowest BCUT2D eigenvalue weighted by Crippen LogP contribution is -1.75. The van der Waals surface area contributed by atoms with Gasteiger partial charge in [-0.25, -0.2) is 0 Å². The average molecular weight is 216 g/mol. The fourth-order valence-corrected chi connectivity index (χ4v) is 2.01. The number of rotatable bonds is 4. The quantitative estimate of drug-likeness (QED) is 0.514. The molecule has 0 saturated heterocycles. The summed E-state index contributed by atoms with van der Waals surface area (Å²) in [6, 6.07) is 10.4. The molecule has 0 spiro atoms. The third-order valence-corrected chi connectivity index (χ3v) is 3.05. The highest BCUT2D eigenvalue weighted by Crippen LogP contribution is 2.27. The van der Waals surface area contributed by atoms with E-state index in [4.69, 9.17) is 0 Å². The maximum atomic E-state index is 3.75. The van der Waals surface area contributed by atoms with Crippen LogP contribution in [0.5, 0.6) is 0 Å². The first-order valence-electron chi connectivity index (χ1n) is 4.96. The molecule has 1 heteroatoms. The van der Waals surface area contributed by atoms with E-state index in [0.29, 0.717) is 0 Å².